The minimum Gasteiger partial charge on any atom is -0.368 e. The topological polar surface area (TPSA) is 80.5 Å². The van der Waals surface area contributed by atoms with Crippen LogP contribution in [0.5, 0.6) is 0 Å². The Morgan fingerprint density at radius 1 is 1.31 bits per heavy atom. The third kappa shape index (κ3) is 1.54. The second-order valence-corrected chi connectivity index (χ2v) is 3.31. The van der Waals surface area contributed by atoms with Crippen molar-refractivity contribution in [2.75, 3.05) is 6.54 Å². The Labute approximate surface area is 75.9 Å². The summed E-state index contributed by atoms with van der Waals surface area (Å²) in [4.78, 5) is 34.2. The molecule has 0 spiro atoms. The van der Waals surface area contributed by atoms with Gasteiger partial charge in [-0.05, 0) is 0 Å². The van der Waals surface area contributed by atoms with Gasteiger partial charge in [-0.15, -0.1) is 0 Å². The van der Waals surface area contributed by atoms with E-state index in [-0.39, 0.29) is 30.2 Å². The molecule has 0 aromatic heterocycles. The number of carbonyl (C=O) groups excluding carboxylic acids is 3. The lowest BCUT2D eigenvalue weighted by Gasteiger charge is -2.10. The number of nitrogens with zero attached hydrogens (tertiary/aromatic N) is 1. The number of imide groups is 1. The van der Waals surface area contributed by atoms with Crippen molar-refractivity contribution in [1.82, 2.24) is 4.90 Å². The molecule has 1 fully saturated rings. The van der Waals surface area contributed by atoms with Gasteiger partial charge < -0.3 is 5.73 Å². The Hall–Kier alpha value is -1.39. The molecule has 13 heavy (non-hydrogen) atoms. The van der Waals surface area contributed by atoms with Crippen molar-refractivity contribution in [3.8, 4) is 0 Å². The predicted molar refractivity (Wildman–Crippen MR) is 44.2 cm³/mol. The van der Waals surface area contributed by atoms with Gasteiger partial charge in [0, 0.05) is 11.8 Å². The second-order valence-electron chi connectivity index (χ2n) is 3.31. The fourth-order valence-corrected chi connectivity index (χ4v) is 1.34. The summed E-state index contributed by atoms with van der Waals surface area (Å²) in [5, 5.41) is 0. The highest BCUT2D eigenvalue weighted by Gasteiger charge is 2.42. The molecule has 5 nitrogen and oxygen atoms in total. The van der Waals surface area contributed by atoms with Crippen LogP contribution in [0.15, 0.2) is 0 Å². The molecule has 0 aromatic rings. The van der Waals surface area contributed by atoms with E-state index in [0.717, 1.165) is 4.90 Å². The first-order chi connectivity index (χ1) is 5.95. The molecule has 2 N–H and O–H groups in total. The van der Waals surface area contributed by atoms with E-state index in [1.807, 2.05) is 0 Å². The average molecular weight is 184 g/mol. The summed E-state index contributed by atoms with van der Waals surface area (Å²) in [5.41, 5.74) is 4.90. The van der Waals surface area contributed by atoms with E-state index in [1.54, 1.807) is 13.8 Å². The molecule has 1 saturated heterocycles. The molecule has 1 heterocycles. The molecule has 0 bridgehead atoms. The van der Waals surface area contributed by atoms with E-state index in [1.165, 1.54) is 0 Å². The van der Waals surface area contributed by atoms with Crippen molar-refractivity contribution < 1.29 is 14.4 Å². The molecule has 0 aliphatic carbocycles. The molecule has 72 valence electrons. The molecule has 1 aliphatic heterocycles. The van der Waals surface area contributed by atoms with E-state index in [4.69, 9.17) is 5.73 Å². The molecule has 1 aliphatic rings. The van der Waals surface area contributed by atoms with Gasteiger partial charge in [0.2, 0.25) is 17.7 Å². The molecule has 2 atom stereocenters. The van der Waals surface area contributed by atoms with Crippen molar-refractivity contribution in [3.05, 3.63) is 0 Å². The molecule has 5 heteroatoms. The third-order valence-corrected chi connectivity index (χ3v) is 2.38. The van der Waals surface area contributed by atoms with Crippen LogP contribution in [0.1, 0.15) is 13.8 Å². The number of hydrogen-bond acceptors (Lipinski definition) is 3. The van der Waals surface area contributed by atoms with E-state index >= 15 is 0 Å². The Morgan fingerprint density at radius 2 is 1.69 bits per heavy atom. The SMILES string of the molecule is CC1C(=O)N(CC(N)=O)C(=O)C1C. The highest BCUT2D eigenvalue weighted by atomic mass is 16.2. The van der Waals surface area contributed by atoms with Gasteiger partial charge in [0.05, 0.1) is 0 Å². The first-order valence-corrected chi connectivity index (χ1v) is 4.08. The van der Waals surface area contributed by atoms with Crippen LogP contribution in [0.25, 0.3) is 0 Å². The van der Waals surface area contributed by atoms with Gasteiger partial charge in [-0.2, -0.15) is 0 Å². The summed E-state index contributed by atoms with van der Waals surface area (Å²) >= 11 is 0. The number of hydrogen-bond donors (Lipinski definition) is 1. The van der Waals surface area contributed by atoms with Crippen molar-refractivity contribution in [2.24, 2.45) is 17.6 Å². The maximum atomic E-state index is 11.4. The fourth-order valence-electron chi connectivity index (χ4n) is 1.34. The summed E-state index contributed by atoms with van der Waals surface area (Å²) in [5.74, 6) is -1.96. The first kappa shape index (κ1) is 9.70. The lowest BCUT2D eigenvalue weighted by atomic mass is 10.00. The molecule has 0 radical (unpaired) electrons. The number of rotatable bonds is 2. The number of amides is 3. The number of likely N-dealkylation sites (tertiary alicyclic amines) is 1. The van der Waals surface area contributed by atoms with E-state index in [9.17, 15) is 14.4 Å². The van der Waals surface area contributed by atoms with Crippen molar-refractivity contribution in [3.63, 3.8) is 0 Å². The summed E-state index contributed by atoms with van der Waals surface area (Å²) in [6.07, 6.45) is 0. The smallest absolute Gasteiger partial charge is 0.237 e. The van der Waals surface area contributed by atoms with Gasteiger partial charge in [-0.3, -0.25) is 19.3 Å². The number of carbonyl (C=O) groups is 3. The zero-order valence-corrected chi connectivity index (χ0v) is 7.61. The summed E-state index contributed by atoms with van der Waals surface area (Å²) in [6, 6.07) is 0. The van der Waals surface area contributed by atoms with E-state index in [2.05, 4.69) is 0 Å². The third-order valence-electron chi connectivity index (χ3n) is 2.38. The Bertz CT molecular complexity index is 255. The average Bonchev–Trinajstić information content (AvgIpc) is 2.22. The largest absolute Gasteiger partial charge is 0.368 e. The van der Waals surface area contributed by atoms with Gasteiger partial charge in [0.1, 0.15) is 6.54 Å². The predicted octanol–water partition coefficient (Wildman–Crippen LogP) is -0.887. The molecule has 2 unspecified atom stereocenters. The Kier molecular flexibility index (Phi) is 2.36. The van der Waals surface area contributed by atoms with Gasteiger partial charge in [-0.25, -0.2) is 0 Å². The van der Waals surface area contributed by atoms with Gasteiger partial charge in [0.25, 0.3) is 0 Å². The minimum atomic E-state index is -0.664. The second kappa shape index (κ2) is 3.16. The molecule has 1 rings (SSSR count). The maximum absolute atomic E-state index is 11.4. The summed E-state index contributed by atoms with van der Waals surface area (Å²) in [7, 11) is 0. The van der Waals surface area contributed by atoms with E-state index < -0.39 is 5.91 Å². The van der Waals surface area contributed by atoms with Crippen LogP contribution in [0.4, 0.5) is 0 Å². The van der Waals surface area contributed by atoms with E-state index in [0.29, 0.717) is 0 Å². The highest BCUT2D eigenvalue weighted by Crippen LogP contribution is 2.24. The van der Waals surface area contributed by atoms with Crippen molar-refractivity contribution >= 4 is 17.7 Å². The zero-order valence-electron chi connectivity index (χ0n) is 7.61. The normalized spacial score (nSPS) is 28.3. The van der Waals surface area contributed by atoms with Crippen LogP contribution in [0, 0.1) is 11.8 Å². The highest BCUT2D eigenvalue weighted by molar-refractivity contribution is 6.06. The summed E-state index contributed by atoms with van der Waals surface area (Å²) in [6.45, 7) is 3.05. The quantitative estimate of drug-likeness (QED) is 0.565. The monoisotopic (exact) mass is 184 g/mol. The van der Waals surface area contributed by atoms with Crippen LogP contribution in [-0.4, -0.2) is 29.2 Å². The molecular weight excluding hydrogens is 172 g/mol. The minimum absolute atomic E-state index is 0.299. The lowest BCUT2D eigenvalue weighted by molar-refractivity contribution is -0.142. The Balaban J connectivity index is 2.81. The van der Waals surface area contributed by atoms with Gasteiger partial charge in [0.15, 0.2) is 0 Å². The zero-order chi connectivity index (χ0) is 10.2. The van der Waals surface area contributed by atoms with Gasteiger partial charge in [-0.1, -0.05) is 13.8 Å². The lowest BCUT2D eigenvalue weighted by Crippen LogP contribution is -2.38. The number of primary amides is 1. The van der Waals surface area contributed by atoms with Crippen LogP contribution in [0.3, 0.4) is 0 Å². The standard InChI is InChI=1S/C8H12N2O3/c1-4-5(2)8(13)10(7(4)12)3-6(9)11/h4-5H,3H2,1-2H3,(H2,9,11). The molecule has 0 aromatic carbocycles. The first-order valence-electron chi connectivity index (χ1n) is 4.08. The van der Waals surface area contributed by atoms with Gasteiger partial charge >= 0.3 is 0 Å². The maximum Gasteiger partial charge on any atom is 0.237 e. The van der Waals surface area contributed by atoms with Crippen molar-refractivity contribution in [1.29, 1.82) is 0 Å². The van der Waals surface area contributed by atoms with Crippen molar-refractivity contribution in [2.45, 2.75) is 13.8 Å². The molecule has 0 saturated carbocycles. The molecular formula is C8H12N2O3. The number of nitrogens with two attached hydrogens (primary N) is 1. The van der Waals surface area contributed by atoms with Crippen LogP contribution >= 0.6 is 0 Å². The molecule has 3 amide bonds. The Morgan fingerprint density at radius 3 is 2.00 bits per heavy atom. The van der Waals surface area contributed by atoms with Crippen LogP contribution in [-0.2, 0) is 14.4 Å². The fraction of sp³-hybridized carbons (Fsp3) is 0.625. The van der Waals surface area contributed by atoms with Crippen LogP contribution in [0.2, 0.25) is 0 Å². The summed E-state index contributed by atoms with van der Waals surface area (Å²) < 4.78 is 0. The van der Waals surface area contributed by atoms with Crippen LogP contribution < -0.4 is 5.73 Å².